The van der Waals surface area contributed by atoms with Gasteiger partial charge in [-0.25, -0.2) is 0 Å². The summed E-state index contributed by atoms with van der Waals surface area (Å²) in [4.78, 5) is 2.19. The normalized spacial score (nSPS) is 20.9. The van der Waals surface area contributed by atoms with Crippen LogP contribution in [0.3, 0.4) is 0 Å². The molecule has 0 radical (unpaired) electrons. The summed E-state index contributed by atoms with van der Waals surface area (Å²) >= 11 is 0. The third-order valence-corrected chi connectivity index (χ3v) is 3.81. The van der Waals surface area contributed by atoms with Gasteiger partial charge in [0.25, 0.3) is 0 Å². The quantitative estimate of drug-likeness (QED) is 0.866. The number of likely N-dealkylation sites (N-methyl/N-ethyl adjacent to an activating group) is 1. The van der Waals surface area contributed by atoms with Crippen molar-refractivity contribution in [1.82, 2.24) is 4.90 Å². The van der Waals surface area contributed by atoms with Crippen molar-refractivity contribution in [3.63, 3.8) is 0 Å². The summed E-state index contributed by atoms with van der Waals surface area (Å²) in [7, 11) is 3.70. The predicted molar refractivity (Wildman–Crippen MR) is 79.0 cm³/mol. The Kier molecular flexibility index (Phi) is 5.83. The summed E-state index contributed by atoms with van der Waals surface area (Å²) in [6, 6.07) is 7.60. The van der Waals surface area contributed by atoms with Crippen molar-refractivity contribution in [2.75, 3.05) is 40.5 Å². The topological polar surface area (TPSA) is 41.9 Å². The lowest BCUT2D eigenvalue weighted by Gasteiger charge is -2.28. The first-order chi connectivity index (χ1) is 9.69. The van der Waals surface area contributed by atoms with Crippen molar-refractivity contribution in [2.45, 2.75) is 18.9 Å². The number of nitrogens with zero attached hydrogens (tertiary/aromatic N) is 1. The zero-order valence-electron chi connectivity index (χ0n) is 12.4. The van der Waals surface area contributed by atoms with E-state index in [4.69, 9.17) is 9.47 Å². The van der Waals surface area contributed by atoms with Crippen LogP contribution in [0.25, 0.3) is 0 Å². The lowest BCUT2D eigenvalue weighted by molar-refractivity contribution is 0.0342. The van der Waals surface area contributed by atoms with Gasteiger partial charge in [-0.05, 0) is 43.5 Å². The highest BCUT2D eigenvalue weighted by molar-refractivity contribution is 5.28. The Labute approximate surface area is 121 Å². The number of rotatable bonds is 6. The average Bonchev–Trinajstić information content (AvgIpc) is 2.48. The number of benzene rings is 1. The summed E-state index contributed by atoms with van der Waals surface area (Å²) in [5, 5.41) is 10.3. The zero-order chi connectivity index (χ0) is 14.4. The van der Waals surface area contributed by atoms with Gasteiger partial charge in [-0.1, -0.05) is 12.1 Å². The molecule has 4 nitrogen and oxygen atoms in total. The summed E-state index contributed by atoms with van der Waals surface area (Å²) in [5.74, 6) is 1.41. The van der Waals surface area contributed by atoms with Crippen LogP contribution in [0.5, 0.6) is 5.75 Å². The molecule has 0 bridgehead atoms. The molecule has 2 atom stereocenters. The molecule has 0 aromatic heterocycles. The molecular weight excluding hydrogens is 254 g/mol. The number of aliphatic hydroxyl groups excluding tert-OH is 1. The van der Waals surface area contributed by atoms with Gasteiger partial charge in [-0.3, -0.25) is 0 Å². The molecular formula is C16H25NO3. The van der Waals surface area contributed by atoms with E-state index >= 15 is 0 Å². The van der Waals surface area contributed by atoms with E-state index in [1.165, 1.54) is 6.42 Å². The minimum Gasteiger partial charge on any atom is -0.497 e. The first-order valence-corrected chi connectivity index (χ1v) is 7.27. The van der Waals surface area contributed by atoms with Gasteiger partial charge in [-0.2, -0.15) is 0 Å². The van der Waals surface area contributed by atoms with Gasteiger partial charge >= 0.3 is 0 Å². The van der Waals surface area contributed by atoms with Gasteiger partial charge in [0.05, 0.1) is 19.8 Å². The maximum Gasteiger partial charge on any atom is 0.118 e. The fraction of sp³-hybridized carbons (Fsp3) is 0.625. The lowest BCUT2D eigenvalue weighted by Crippen LogP contribution is -2.33. The third kappa shape index (κ3) is 4.47. The highest BCUT2D eigenvalue weighted by Gasteiger charge is 2.18. The number of hydrogen-bond acceptors (Lipinski definition) is 4. The maximum atomic E-state index is 10.3. The van der Waals surface area contributed by atoms with Crippen molar-refractivity contribution in [1.29, 1.82) is 0 Å². The lowest BCUT2D eigenvalue weighted by atomic mass is 10.0. The fourth-order valence-corrected chi connectivity index (χ4v) is 2.69. The number of hydrogen-bond donors (Lipinski definition) is 1. The van der Waals surface area contributed by atoms with Gasteiger partial charge in [0, 0.05) is 19.7 Å². The Morgan fingerprint density at radius 1 is 1.40 bits per heavy atom. The maximum absolute atomic E-state index is 10.3. The molecule has 20 heavy (non-hydrogen) atoms. The van der Waals surface area contributed by atoms with E-state index < -0.39 is 6.10 Å². The summed E-state index contributed by atoms with van der Waals surface area (Å²) in [5.41, 5.74) is 0.928. The largest absolute Gasteiger partial charge is 0.497 e. The van der Waals surface area contributed by atoms with Crippen LogP contribution in [0, 0.1) is 5.92 Å². The molecule has 0 aliphatic carbocycles. The zero-order valence-corrected chi connectivity index (χ0v) is 12.4. The van der Waals surface area contributed by atoms with E-state index in [9.17, 15) is 5.11 Å². The van der Waals surface area contributed by atoms with Crippen LogP contribution >= 0.6 is 0 Å². The van der Waals surface area contributed by atoms with E-state index in [0.29, 0.717) is 12.5 Å². The molecule has 0 spiro atoms. The first-order valence-electron chi connectivity index (χ1n) is 7.27. The molecule has 2 unspecified atom stereocenters. The molecule has 1 aliphatic heterocycles. The SMILES string of the molecule is COc1ccc(C(O)CN(C)CC2CCCOC2)cc1. The second-order valence-electron chi connectivity index (χ2n) is 5.59. The Morgan fingerprint density at radius 3 is 2.75 bits per heavy atom. The average molecular weight is 279 g/mol. The third-order valence-electron chi connectivity index (χ3n) is 3.81. The molecule has 1 aromatic rings. The van der Waals surface area contributed by atoms with Crippen molar-refractivity contribution in [3.8, 4) is 5.75 Å². The summed E-state index contributed by atoms with van der Waals surface area (Å²) in [6.45, 7) is 3.37. The van der Waals surface area contributed by atoms with Gasteiger partial charge in [-0.15, -0.1) is 0 Å². The highest BCUT2D eigenvalue weighted by Crippen LogP contribution is 2.20. The van der Waals surface area contributed by atoms with Gasteiger partial charge in [0.2, 0.25) is 0 Å². The van der Waals surface area contributed by atoms with E-state index in [0.717, 1.165) is 37.5 Å². The Bertz CT molecular complexity index is 387. The molecule has 1 fully saturated rings. The molecule has 2 rings (SSSR count). The van der Waals surface area contributed by atoms with Crippen LogP contribution in [0.2, 0.25) is 0 Å². The van der Waals surface area contributed by atoms with Crippen molar-refractivity contribution < 1.29 is 14.6 Å². The van der Waals surface area contributed by atoms with E-state index in [1.54, 1.807) is 7.11 Å². The van der Waals surface area contributed by atoms with Crippen LogP contribution in [0.15, 0.2) is 24.3 Å². The number of methoxy groups -OCH3 is 1. The van der Waals surface area contributed by atoms with Crippen LogP contribution in [0.1, 0.15) is 24.5 Å². The molecule has 0 amide bonds. The highest BCUT2D eigenvalue weighted by atomic mass is 16.5. The Morgan fingerprint density at radius 2 is 2.15 bits per heavy atom. The molecule has 1 saturated heterocycles. The Hall–Kier alpha value is -1.10. The van der Waals surface area contributed by atoms with Crippen LogP contribution in [0.4, 0.5) is 0 Å². The van der Waals surface area contributed by atoms with E-state index in [2.05, 4.69) is 11.9 Å². The van der Waals surface area contributed by atoms with Gasteiger partial charge < -0.3 is 19.5 Å². The number of aliphatic hydroxyl groups is 1. The second kappa shape index (κ2) is 7.62. The van der Waals surface area contributed by atoms with Crippen molar-refractivity contribution in [2.24, 2.45) is 5.92 Å². The minimum absolute atomic E-state index is 0.463. The second-order valence-corrected chi connectivity index (χ2v) is 5.59. The fourth-order valence-electron chi connectivity index (χ4n) is 2.69. The first kappa shape index (κ1) is 15.3. The van der Waals surface area contributed by atoms with Crippen molar-refractivity contribution >= 4 is 0 Å². The molecule has 112 valence electrons. The minimum atomic E-state index is -0.463. The van der Waals surface area contributed by atoms with Crippen molar-refractivity contribution in [3.05, 3.63) is 29.8 Å². The summed E-state index contributed by atoms with van der Waals surface area (Å²) < 4.78 is 10.6. The van der Waals surface area contributed by atoms with Gasteiger partial charge in [0.1, 0.15) is 5.75 Å². The van der Waals surface area contributed by atoms with Crippen LogP contribution in [-0.4, -0.2) is 50.5 Å². The smallest absolute Gasteiger partial charge is 0.118 e. The molecule has 1 aromatic carbocycles. The molecule has 1 aliphatic rings. The van der Waals surface area contributed by atoms with E-state index in [-0.39, 0.29) is 0 Å². The van der Waals surface area contributed by atoms with Crippen LogP contribution < -0.4 is 4.74 Å². The predicted octanol–water partition coefficient (Wildman–Crippen LogP) is 2.09. The van der Waals surface area contributed by atoms with E-state index in [1.807, 2.05) is 24.3 Å². The standard InChI is InChI=1S/C16H25NO3/c1-17(10-13-4-3-9-20-12-13)11-16(18)14-5-7-15(19-2)8-6-14/h5-8,13,16,18H,3-4,9-12H2,1-2H3. The monoisotopic (exact) mass is 279 g/mol. The molecule has 0 saturated carbocycles. The Balaban J connectivity index is 1.81. The molecule has 4 heteroatoms. The van der Waals surface area contributed by atoms with Gasteiger partial charge in [0.15, 0.2) is 0 Å². The number of ether oxygens (including phenoxy) is 2. The molecule has 1 heterocycles. The summed E-state index contributed by atoms with van der Waals surface area (Å²) in [6.07, 6.45) is 1.91. The molecule has 1 N–H and O–H groups in total. The van der Waals surface area contributed by atoms with Crippen LogP contribution in [-0.2, 0) is 4.74 Å².